The molecule has 1 heterocycles. The SMILES string of the molecule is N#Cc1cc(F)cc(CNCCC2CCCCO2)c1. The highest BCUT2D eigenvalue weighted by Crippen LogP contribution is 2.15. The van der Waals surface area contributed by atoms with Crippen molar-refractivity contribution in [1.29, 1.82) is 5.26 Å². The van der Waals surface area contributed by atoms with Gasteiger partial charge in [0, 0.05) is 13.2 Å². The molecule has 2 rings (SSSR count). The van der Waals surface area contributed by atoms with E-state index in [0.29, 0.717) is 18.2 Å². The van der Waals surface area contributed by atoms with Crippen molar-refractivity contribution in [2.45, 2.75) is 38.3 Å². The first kappa shape index (κ1) is 14.0. The fourth-order valence-corrected chi connectivity index (χ4v) is 2.35. The number of nitriles is 1. The van der Waals surface area contributed by atoms with Gasteiger partial charge in [0.2, 0.25) is 0 Å². The quantitative estimate of drug-likeness (QED) is 0.830. The Kier molecular flexibility index (Phi) is 5.31. The summed E-state index contributed by atoms with van der Waals surface area (Å²) in [5, 5.41) is 12.0. The Bertz CT molecular complexity index is 450. The predicted molar refractivity (Wildman–Crippen MR) is 71.0 cm³/mol. The fraction of sp³-hybridized carbons (Fsp3) is 0.533. The molecule has 1 aromatic carbocycles. The maximum absolute atomic E-state index is 13.2. The normalized spacial score (nSPS) is 19.1. The molecule has 0 amide bonds. The summed E-state index contributed by atoms with van der Waals surface area (Å²) < 4.78 is 18.9. The minimum Gasteiger partial charge on any atom is -0.378 e. The first-order chi connectivity index (χ1) is 9.28. The van der Waals surface area contributed by atoms with E-state index < -0.39 is 0 Å². The fourth-order valence-electron chi connectivity index (χ4n) is 2.35. The third-order valence-corrected chi connectivity index (χ3v) is 3.33. The minimum atomic E-state index is -0.355. The molecule has 4 heteroatoms. The van der Waals surface area contributed by atoms with Gasteiger partial charge in [0.05, 0.1) is 17.7 Å². The lowest BCUT2D eigenvalue weighted by atomic mass is 10.1. The van der Waals surface area contributed by atoms with Crippen molar-refractivity contribution in [3.05, 3.63) is 35.1 Å². The number of hydrogen-bond donors (Lipinski definition) is 1. The van der Waals surface area contributed by atoms with Gasteiger partial charge in [-0.2, -0.15) is 5.26 Å². The van der Waals surface area contributed by atoms with Crippen LogP contribution in [-0.4, -0.2) is 19.3 Å². The molecule has 1 unspecified atom stereocenters. The summed E-state index contributed by atoms with van der Waals surface area (Å²) in [7, 11) is 0. The summed E-state index contributed by atoms with van der Waals surface area (Å²) in [6.07, 6.45) is 4.91. The van der Waals surface area contributed by atoms with Crippen LogP contribution >= 0.6 is 0 Å². The van der Waals surface area contributed by atoms with Crippen molar-refractivity contribution in [2.24, 2.45) is 0 Å². The number of rotatable bonds is 5. The van der Waals surface area contributed by atoms with E-state index in [-0.39, 0.29) is 5.82 Å². The van der Waals surface area contributed by atoms with Crippen LogP contribution in [0.5, 0.6) is 0 Å². The number of ether oxygens (including phenoxy) is 1. The first-order valence-corrected chi connectivity index (χ1v) is 6.80. The number of nitrogens with zero attached hydrogens (tertiary/aromatic N) is 1. The van der Waals surface area contributed by atoms with Crippen molar-refractivity contribution >= 4 is 0 Å². The Morgan fingerprint density at radius 2 is 2.26 bits per heavy atom. The molecule has 19 heavy (non-hydrogen) atoms. The molecule has 0 spiro atoms. The molecule has 1 aliphatic heterocycles. The Labute approximate surface area is 113 Å². The molecule has 0 bridgehead atoms. The second-order valence-electron chi connectivity index (χ2n) is 4.91. The lowest BCUT2D eigenvalue weighted by molar-refractivity contribution is 0.0115. The molecule has 0 saturated carbocycles. The zero-order chi connectivity index (χ0) is 13.5. The van der Waals surface area contributed by atoms with Gasteiger partial charge in [0.15, 0.2) is 0 Å². The highest BCUT2D eigenvalue weighted by molar-refractivity contribution is 5.33. The van der Waals surface area contributed by atoms with Crippen molar-refractivity contribution in [3.8, 4) is 6.07 Å². The molecule has 1 fully saturated rings. The van der Waals surface area contributed by atoms with Crippen molar-refractivity contribution in [1.82, 2.24) is 5.32 Å². The van der Waals surface area contributed by atoms with Gasteiger partial charge < -0.3 is 10.1 Å². The van der Waals surface area contributed by atoms with Gasteiger partial charge in [0.25, 0.3) is 0 Å². The van der Waals surface area contributed by atoms with Crippen molar-refractivity contribution in [3.63, 3.8) is 0 Å². The van der Waals surface area contributed by atoms with Gasteiger partial charge >= 0.3 is 0 Å². The summed E-state index contributed by atoms with van der Waals surface area (Å²) >= 11 is 0. The van der Waals surface area contributed by atoms with E-state index in [4.69, 9.17) is 10.00 Å². The molecule has 1 saturated heterocycles. The average molecular weight is 262 g/mol. The van der Waals surface area contributed by atoms with Crippen LogP contribution in [-0.2, 0) is 11.3 Å². The summed E-state index contributed by atoms with van der Waals surface area (Å²) in [4.78, 5) is 0. The zero-order valence-corrected chi connectivity index (χ0v) is 11.0. The molecule has 1 aromatic rings. The molecule has 3 nitrogen and oxygen atoms in total. The van der Waals surface area contributed by atoms with E-state index in [1.165, 1.54) is 25.0 Å². The third-order valence-electron chi connectivity index (χ3n) is 3.33. The zero-order valence-electron chi connectivity index (χ0n) is 11.0. The molecule has 0 radical (unpaired) electrons. The summed E-state index contributed by atoms with van der Waals surface area (Å²) in [6, 6.07) is 6.39. The van der Waals surface area contributed by atoms with Gasteiger partial charge in [-0.3, -0.25) is 0 Å². The van der Waals surface area contributed by atoms with Gasteiger partial charge in [-0.15, -0.1) is 0 Å². The topological polar surface area (TPSA) is 45.0 Å². The van der Waals surface area contributed by atoms with Crippen LogP contribution in [0.2, 0.25) is 0 Å². The molecule has 1 aliphatic rings. The minimum absolute atomic E-state index is 0.355. The highest BCUT2D eigenvalue weighted by atomic mass is 19.1. The van der Waals surface area contributed by atoms with Crippen LogP contribution in [0.15, 0.2) is 18.2 Å². The molecule has 0 aliphatic carbocycles. The summed E-state index contributed by atoms with van der Waals surface area (Å²) in [5.41, 5.74) is 1.17. The largest absolute Gasteiger partial charge is 0.378 e. The maximum atomic E-state index is 13.2. The Morgan fingerprint density at radius 3 is 3.00 bits per heavy atom. The predicted octanol–water partition coefficient (Wildman–Crippen LogP) is 2.75. The number of hydrogen-bond acceptors (Lipinski definition) is 3. The lowest BCUT2D eigenvalue weighted by Gasteiger charge is -2.22. The Morgan fingerprint density at radius 1 is 1.37 bits per heavy atom. The second-order valence-corrected chi connectivity index (χ2v) is 4.91. The number of benzene rings is 1. The molecule has 102 valence electrons. The molecular weight excluding hydrogens is 243 g/mol. The lowest BCUT2D eigenvalue weighted by Crippen LogP contribution is -2.25. The maximum Gasteiger partial charge on any atom is 0.124 e. The van der Waals surface area contributed by atoms with Gasteiger partial charge in [-0.05, 0) is 56.0 Å². The Balaban J connectivity index is 1.73. The number of nitrogens with one attached hydrogen (secondary N) is 1. The number of halogens is 1. The van der Waals surface area contributed by atoms with E-state index in [2.05, 4.69) is 5.32 Å². The van der Waals surface area contributed by atoms with Gasteiger partial charge in [-0.25, -0.2) is 4.39 Å². The molecule has 0 aromatic heterocycles. The van der Waals surface area contributed by atoms with Crippen molar-refractivity contribution in [2.75, 3.05) is 13.2 Å². The molecular formula is C15H19FN2O. The van der Waals surface area contributed by atoms with E-state index in [1.54, 1.807) is 6.07 Å². The van der Waals surface area contributed by atoms with Gasteiger partial charge in [0.1, 0.15) is 5.82 Å². The van der Waals surface area contributed by atoms with E-state index in [9.17, 15) is 4.39 Å². The average Bonchev–Trinajstić information content (AvgIpc) is 2.44. The van der Waals surface area contributed by atoms with Crippen LogP contribution < -0.4 is 5.32 Å². The smallest absolute Gasteiger partial charge is 0.124 e. The third kappa shape index (κ3) is 4.62. The van der Waals surface area contributed by atoms with Crippen LogP contribution in [0.1, 0.15) is 36.8 Å². The molecule has 1 atom stereocenters. The highest BCUT2D eigenvalue weighted by Gasteiger charge is 2.12. The van der Waals surface area contributed by atoms with Crippen molar-refractivity contribution < 1.29 is 9.13 Å². The van der Waals surface area contributed by atoms with Gasteiger partial charge in [-0.1, -0.05) is 0 Å². The molecule has 1 N–H and O–H groups in total. The van der Waals surface area contributed by atoms with E-state index in [1.807, 2.05) is 6.07 Å². The standard InChI is InChI=1S/C15H19FN2O/c16-14-8-12(10-17)7-13(9-14)11-18-5-4-15-3-1-2-6-19-15/h7-9,15,18H,1-6,11H2. The van der Waals surface area contributed by atoms with Crippen LogP contribution in [0, 0.1) is 17.1 Å². The second kappa shape index (κ2) is 7.22. The van der Waals surface area contributed by atoms with E-state index >= 15 is 0 Å². The van der Waals surface area contributed by atoms with E-state index in [0.717, 1.165) is 31.6 Å². The van der Waals surface area contributed by atoms with Crippen LogP contribution in [0.25, 0.3) is 0 Å². The summed E-state index contributed by atoms with van der Waals surface area (Å²) in [6.45, 7) is 2.31. The van der Waals surface area contributed by atoms with Crippen LogP contribution in [0.4, 0.5) is 4.39 Å². The first-order valence-electron chi connectivity index (χ1n) is 6.80. The Hall–Kier alpha value is -1.44. The monoisotopic (exact) mass is 262 g/mol. The summed E-state index contributed by atoms with van der Waals surface area (Å²) in [5.74, 6) is -0.355. The van der Waals surface area contributed by atoms with Crippen LogP contribution in [0.3, 0.4) is 0 Å².